The largest absolute Gasteiger partial charge is 0.497 e. The zero-order valence-corrected chi connectivity index (χ0v) is 15.5. The van der Waals surface area contributed by atoms with Crippen LogP contribution < -0.4 is 4.74 Å². The van der Waals surface area contributed by atoms with E-state index >= 15 is 0 Å². The second-order valence-corrected chi connectivity index (χ2v) is 6.86. The lowest BCUT2D eigenvalue weighted by molar-refractivity contribution is 0.282. The van der Waals surface area contributed by atoms with Crippen molar-refractivity contribution in [3.05, 3.63) is 71.3 Å². The zero-order chi connectivity index (χ0) is 17.5. The Morgan fingerprint density at radius 1 is 1.00 bits per heavy atom. The van der Waals surface area contributed by atoms with Gasteiger partial charge in [-0.25, -0.2) is 0 Å². The van der Waals surface area contributed by atoms with Crippen molar-refractivity contribution in [1.82, 2.24) is 4.90 Å². The summed E-state index contributed by atoms with van der Waals surface area (Å²) in [5, 5.41) is 0. The van der Waals surface area contributed by atoms with Crippen LogP contribution in [0.25, 0.3) is 5.57 Å². The summed E-state index contributed by atoms with van der Waals surface area (Å²) in [6.45, 7) is 5.55. The fourth-order valence-corrected chi connectivity index (χ4v) is 3.63. The molecule has 0 amide bonds. The van der Waals surface area contributed by atoms with Crippen LogP contribution in [0.5, 0.6) is 5.75 Å². The smallest absolute Gasteiger partial charge is 0.118 e. The molecule has 0 saturated heterocycles. The minimum Gasteiger partial charge on any atom is -0.497 e. The molecule has 1 aliphatic rings. The van der Waals surface area contributed by atoms with Gasteiger partial charge in [-0.15, -0.1) is 0 Å². The van der Waals surface area contributed by atoms with Crippen LogP contribution in [0.3, 0.4) is 0 Å². The Balaban J connectivity index is 1.78. The molecule has 0 N–H and O–H groups in total. The van der Waals surface area contributed by atoms with Gasteiger partial charge in [-0.3, -0.25) is 4.90 Å². The highest BCUT2D eigenvalue weighted by Gasteiger charge is 2.19. The van der Waals surface area contributed by atoms with Crippen LogP contribution in [0.15, 0.2) is 60.2 Å². The summed E-state index contributed by atoms with van der Waals surface area (Å²) in [6, 6.07) is 19.4. The molecule has 2 aromatic carbocycles. The Morgan fingerprint density at radius 3 is 2.44 bits per heavy atom. The van der Waals surface area contributed by atoms with E-state index in [1.54, 1.807) is 18.3 Å². The molecular weight excluding hydrogens is 306 g/mol. The third kappa shape index (κ3) is 4.73. The van der Waals surface area contributed by atoms with E-state index in [1.807, 2.05) is 0 Å². The Hall–Kier alpha value is -2.06. The molecule has 1 aliphatic heterocycles. The maximum Gasteiger partial charge on any atom is 0.118 e. The predicted molar refractivity (Wildman–Crippen MR) is 106 cm³/mol. The molecule has 132 valence electrons. The second kappa shape index (κ2) is 8.87. The zero-order valence-electron chi connectivity index (χ0n) is 15.5. The first-order chi connectivity index (χ1) is 12.3. The SMILES string of the molecule is CCCCC1=C(c2ccc(OC)cc2)CCN(Cc2ccccc2)C1. The topological polar surface area (TPSA) is 12.5 Å². The van der Waals surface area contributed by atoms with E-state index in [-0.39, 0.29) is 0 Å². The lowest BCUT2D eigenvalue weighted by atomic mass is 9.90. The van der Waals surface area contributed by atoms with Crippen LogP contribution in [0.1, 0.15) is 43.7 Å². The van der Waals surface area contributed by atoms with E-state index in [4.69, 9.17) is 4.74 Å². The van der Waals surface area contributed by atoms with E-state index in [1.165, 1.54) is 30.4 Å². The number of hydrogen-bond donors (Lipinski definition) is 0. The molecule has 0 unspecified atom stereocenters. The molecule has 0 radical (unpaired) electrons. The maximum absolute atomic E-state index is 5.31. The highest BCUT2D eigenvalue weighted by Crippen LogP contribution is 2.31. The number of methoxy groups -OCH3 is 1. The molecular formula is C23H29NO. The van der Waals surface area contributed by atoms with Gasteiger partial charge in [-0.2, -0.15) is 0 Å². The molecule has 0 atom stereocenters. The minimum absolute atomic E-state index is 0.931. The lowest BCUT2D eigenvalue weighted by Gasteiger charge is -2.31. The molecule has 2 aromatic rings. The van der Waals surface area contributed by atoms with Crippen LogP contribution in [0, 0.1) is 0 Å². The molecule has 0 aliphatic carbocycles. The number of hydrogen-bond acceptors (Lipinski definition) is 2. The van der Waals surface area contributed by atoms with Crippen LogP contribution in [0.2, 0.25) is 0 Å². The predicted octanol–water partition coefficient (Wildman–Crippen LogP) is 5.54. The molecule has 2 nitrogen and oxygen atoms in total. The Kier molecular flexibility index (Phi) is 6.30. The number of nitrogens with zero attached hydrogens (tertiary/aromatic N) is 1. The average molecular weight is 335 g/mol. The molecule has 0 spiro atoms. The van der Waals surface area contributed by atoms with Crippen molar-refractivity contribution in [2.45, 2.75) is 39.2 Å². The first kappa shape index (κ1) is 17.8. The van der Waals surface area contributed by atoms with Crippen molar-refractivity contribution in [1.29, 1.82) is 0 Å². The van der Waals surface area contributed by atoms with E-state index in [0.29, 0.717) is 0 Å². The Labute approximate surface area is 152 Å². The van der Waals surface area contributed by atoms with Gasteiger partial charge in [0.2, 0.25) is 0 Å². The number of rotatable bonds is 7. The van der Waals surface area contributed by atoms with Gasteiger partial charge >= 0.3 is 0 Å². The number of ether oxygens (including phenoxy) is 1. The molecule has 0 bridgehead atoms. The summed E-state index contributed by atoms with van der Waals surface area (Å²) in [6.07, 6.45) is 4.87. The van der Waals surface area contributed by atoms with Gasteiger partial charge in [-0.1, -0.05) is 61.4 Å². The summed E-state index contributed by atoms with van der Waals surface area (Å²) in [5.74, 6) is 0.931. The third-order valence-electron chi connectivity index (χ3n) is 5.04. The van der Waals surface area contributed by atoms with Gasteiger partial charge in [0.15, 0.2) is 0 Å². The third-order valence-corrected chi connectivity index (χ3v) is 5.04. The molecule has 2 heteroatoms. The van der Waals surface area contributed by atoms with E-state index in [9.17, 15) is 0 Å². The van der Waals surface area contributed by atoms with Gasteiger partial charge in [0.25, 0.3) is 0 Å². The standard InChI is InChI=1S/C23H29NO/c1-3-4-10-21-18-24(17-19-8-6-5-7-9-19)16-15-23(21)20-11-13-22(25-2)14-12-20/h5-9,11-14H,3-4,10,15-18H2,1-2H3. The molecule has 0 aromatic heterocycles. The van der Waals surface area contributed by atoms with Gasteiger partial charge in [0, 0.05) is 19.6 Å². The van der Waals surface area contributed by atoms with Gasteiger partial charge in [0.1, 0.15) is 5.75 Å². The molecule has 0 fully saturated rings. The molecule has 0 saturated carbocycles. The van der Waals surface area contributed by atoms with Crippen molar-refractivity contribution in [2.75, 3.05) is 20.2 Å². The second-order valence-electron chi connectivity index (χ2n) is 6.86. The van der Waals surface area contributed by atoms with Gasteiger partial charge in [-0.05, 0) is 48.1 Å². The Morgan fingerprint density at radius 2 is 1.76 bits per heavy atom. The number of benzene rings is 2. The molecule has 3 rings (SSSR count). The lowest BCUT2D eigenvalue weighted by Crippen LogP contribution is -2.31. The summed E-state index contributed by atoms with van der Waals surface area (Å²) < 4.78 is 5.31. The molecule has 25 heavy (non-hydrogen) atoms. The first-order valence-corrected chi connectivity index (χ1v) is 9.41. The fraction of sp³-hybridized carbons (Fsp3) is 0.391. The van der Waals surface area contributed by atoms with Crippen molar-refractivity contribution in [2.24, 2.45) is 0 Å². The normalized spacial score (nSPS) is 15.4. The van der Waals surface area contributed by atoms with Crippen LogP contribution in [0.4, 0.5) is 0 Å². The van der Waals surface area contributed by atoms with Crippen LogP contribution >= 0.6 is 0 Å². The first-order valence-electron chi connectivity index (χ1n) is 9.41. The van der Waals surface area contributed by atoms with E-state index < -0.39 is 0 Å². The molecule has 1 heterocycles. The minimum atomic E-state index is 0.931. The van der Waals surface area contributed by atoms with Crippen molar-refractivity contribution in [3.63, 3.8) is 0 Å². The summed E-state index contributed by atoms with van der Waals surface area (Å²) in [7, 11) is 1.73. The van der Waals surface area contributed by atoms with Gasteiger partial charge < -0.3 is 4.74 Å². The van der Waals surface area contributed by atoms with Crippen LogP contribution in [-0.4, -0.2) is 25.1 Å². The van der Waals surface area contributed by atoms with Crippen molar-refractivity contribution >= 4 is 5.57 Å². The maximum atomic E-state index is 5.31. The Bertz CT molecular complexity index is 688. The summed E-state index contributed by atoms with van der Waals surface area (Å²) >= 11 is 0. The van der Waals surface area contributed by atoms with Crippen molar-refractivity contribution in [3.8, 4) is 5.75 Å². The van der Waals surface area contributed by atoms with Crippen molar-refractivity contribution < 1.29 is 4.74 Å². The van der Waals surface area contributed by atoms with Gasteiger partial charge in [0.05, 0.1) is 7.11 Å². The van der Waals surface area contributed by atoms with E-state index in [2.05, 4.69) is 66.4 Å². The summed E-state index contributed by atoms with van der Waals surface area (Å²) in [4.78, 5) is 2.59. The monoisotopic (exact) mass is 335 g/mol. The van der Waals surface area contributed by atoms with E-state index in [0.717, 1.165) is 31.8 Å². The highest BCUT2D eigenvalue weighted by atomic mass is 16.5. The average Bonchev–Trinajstić information content (AvgIpc) is 2.67. The summed E-state index contributed by atoms with van der Waals surface area (Å²) in [5.41, 5.74) is 5.95. The highest BCUT2D eigenvalue weighted by molar-refractivity contribution is 5.70. The quantitative estimate of drug-likeness (QED) is 0.658. The fourth-order valence-electron chi connectivity index (χ4n) is 3.63. The number of unbranched alkanes of at least 4 members (excludes halogenated alkanes) is 1. The van der Waals surface area contributed by atoms with Crippen LogP contribution in [-0.2, 0) is 6.54 Å².